The summed E-state index contributed by atoms with van der Waals surface area (Å²) in [6.07, 6.45) is 1.84. The lowest BCUT2D eigenvalue weighted by molar-refractivity contribution is 0.578. The van der Waals surface area contributed by atoms with Gasteiger partial charge in [0.2, 0.25) is 0 Å². The van der Waals surface area contributed by atoms with Crippen LogP contribution in [0.5, 0.6) is 0 Å². The molecule has 60 valence electrons. The molecular weight excluding hydrogens is 180 g/mol. The maximum Gasteiger partial charge on any atom is 0.309 e. The number of nitrogens with zero attached hydrogens (tertiary/aromatic N) is 1. The fourth-order valence-corrected chi connectivity index (χ4v) is 2.72. The van der Waals surface area contributed by atoms with Crippen molar-refractivity contribution >= 4 is 23.1 Å². The number of thiazole rings is 1. The van der Waals surface area contributed by atoms with Crippen LogP contribution in [-0.4, -0.2) is 16.9 Å². The van der Waals surface area contributed by atoms with Gasteiger partial charge in [0.25, 0.3) is 0 Å². The fraction of sp³-hybridized carbons (Fsp3) is 0.500. The third-order valence-corrected chi connectivity index (χ3v) is 3.37. The van der Waals surface area contributed by atoms with Crippen LogP contribution in [0, 0.1) is 0 Å². The normalized spacial score (nSPS) is 24.2. The minimum Gasteiger partial charge on any atom is -0.287 e. The molecule has 0 aliphatic carbocycles. The van der Waals surface area contributed by atoms with Gasteiger partial charge in [0.1, 0.15) is 5.50 Å². The number of hydrogen-bond donors (Lipinski definition) is 1. The Bertz CT molecular complexity index is 287. The SMILES string of the molecule is O=c1sccn1C1NCCS1. The largest absolute Gasteiger partial charge is 0.309 e. The van der Waals surface area contributed by atoms with Gasteiger partial charge in [-0.05, 0) is 0 Å². The maximum absolute atomic E-state index is 11.1. The molecule has 3 nitrogen and oxygen atoms in total. The first kappa shape index (κ1) is 7.39. The molecule has 0 bridgehead atoms. The summed E-state index contributed by atoms with van der Waals surface area (Å²) in [5.74, 6) is 1.09. The molecule has 1 atom stereocenters. The van der Waals surface area contributed by atoms with Crippen molar-refractivity contribution < 1.29 is 0 Å². The summed E-state index contributed by atoms with van der Waals surface area (Å²) in [5, 5.41) is 5.05. The first-order valence-corrected chi connectivity index (χ1v) is 5.31. The lowest BCUT2D eigenvalue weighted by Gasteiger charge is -2.08. The lowest BCUT2D eigenvalue weighted by atomic mass is 10.7. The van der Waals surface area contributed by atoms with Gasteiger partial charge in [-0.3, -0.25) is 14.7 Å². The lowest BCUT2D eigenvalue weighted by Crippen LogP contribution is -2.24. The van der Waals surface area contributed by atoms with Gasteiger partial charge < -0.3 is 0 Å². The zero-order chi connectivity index (χ0) is 7.68. The van der Waals surface area contributed by atoms with Crippen molar-refractivity contribution in [2.45, 2.75) is 5.50 Å². The molecule has 1 fully saturated rings. The van der Waals surface area contributed by atoms with Crippen LogP contribution in [0.2, 0.25) is 0 Å². The van der Waals surface area contributed by atoms with Crippen LogP contribution in [-0.2, 0) is 0 Å². The molecule has 1 aromatic rings. The summed E-state index contributed by atoms with van der Waals surface area (Å²) in [6.45, 7) is 0.998. The van der Waals surface area contributed by atoms with E-state index in [1.807, 2.05) is 11.6 Å². The van der Waals surface area contributed by atoms with Crippen molar-refractivity contribution in [1.29, 1.82) is 0 Å². The van der Waals surface area contributed by atoms with Crippen LogP contribution in [0.15, 0.2) is 16.4 Å². The molecular formula is C6H8N2OS2. The second kappa shape index (κ2) is 3.00. The van der Waals surface area contributed by atoms with Gasteiger partial charge in [-0.15, -0.1) is 11.8 Å². The summed E-state index contributed by atoms with van der Waals surface area (Å²) in [4.78, 5) is 11.3. The van der Waals surface area contributed by atoms with Gasteiger partial charge >= 0.3 is 4.87 Å². The van der Waals surface area contributed by atoms with Crippen molar-refractivity contribution in [3.8, 4) is 0 Å². The fourth-order valence-electron chi connectivity index (χ4n) is 1.04. The maximum atomic E-state index is 11.1. The Morgan fingerprint density at radius 2 is 2.64 bits per heavy atom. The summed E-state index contributed by atoms with van der Waals surface area (Å²) in [7, 11) is 0. The van der Waals surface area contributed by atoms with Gasteiger partial charge in [-0.25, -0.2) is 0 Å². The second-order valence-electron chi connectivity index (χ2n) is 2.25. The van der Waals surface area contributed by atoms with E-state index in [1.165, 1.54) is 11.3 Å². The quantitative estimate of drug-likeness (QED) is 0.704. The van der Waals surface area contributed by atoms with Crippen LogP contribution in [0.4, 0.5) is 0 Å². The topological polar surface area (TPSA) is 34.0 Å². The Morgan fingerprint density at radius 3 is 3.18 bits per heavy atom. The highest BCUT2D eigenvalue weighted by Crippen LogP contribution is 2.22. The standard InChI is InChI=1S/C6H8N2OS2/c9-6-8(2-4-11-6)5-7-1-3-10-5/h2,4-5,7H,1,3H2. The number of thioether (sulfide) groups is 1. The van der Waals surface area contributed by atoms with Gasteiger partial charge in [0.05, 0.1) is 0 Å². The highest BCUT2D eigenvalue weighted by atomic mass is 32.2. The monoisotopic (exact) mass is 188 g/mol. The molecule has 11 heavy (non-hydrogen) atoms. The van der Waals surface area contributed by atoms with Crippen molar-refractivity contribution in [3.05, 3.63) is 21.2 Å². The van der Waals surface area contributed by atoms with E-state index in [1.54, 1.807) is 16.3 Å². The molecule has 2 heterocycles. The summed E-state index contributed by atoms with van der Waals surface area (Å²) >= 11 is 3.02. The summed E-state index contributed by atoms with van der Waals surface area (Å²) in [6, 6.07) is 0. The van der Waals surface area contributed by atoms with Gasteiger partial charge in [0.15, 0.2) is 0 Å². The Labute approximate surface area is 72.4 Å². The van der Waals surface area contributed by atoms with Crippen molar-refractivity contribution in [2.24, 2.45) is 0 Å². The highest BCUT2D eigenvalue weighted by Gasteiger charge is 2.16. The smallest absolute Gasteiger partial charge is 0.287 e. The Morgan fingerprint density at radius 1 is 1.73 bits per heavy atom. The van der Waals surface area contributed by atoms with Crippen LogP contribution >= 0.6 is 23.1 Å². The average Bonchev–Trinajstić information content (AvgIpc) is 2.55. The van der Waals surface area contributed by atoms with Gasteiger partial charge in [-0.1, -0.05) is 11.3 Å². The van der Waals surface area contributed by atoms with E-state index in [-0.39, 0.29) is 10.4 Å². The van der Waals surface area contributed by atoms with Gasteiger partial charge in [-0.2, -0.15) is 0 Å². The summed E-state index contributed by atoms with van der Waals surface area (Å²) < 4.78 is 1.74. The Hall–Kier alpha value is -0.260. The highest BCUT2D eigenvalue weighted by molar-refractivity contribution is 7.99. The molecule has 0 radical (unpaired) electrons. The van der Waals surface area contributed by atoms with E-state index < -0.39 is 0 Å². The van der Waals surface area contributed by atoms with Crippen molar-refractivity contribution in [1.82, 2.24) is 9.88 Å². The third-order valence-electron chi connectivity index (χ3n) is 1.55. The van der Waals surface area contributed by atoms with E-state index in [4.69, 9.17) is 0 Å². The molecule has 1 aliphatic heterocycles. The zero-order valence-corrected chi connectivity index (χ0v) is 7.45. The number of nitrogens with one attached hydrogen (secondary N) is 1. The molecule has 0 aromatic carbocycles. The van der Waals surface area contributed by atoms with Crippen molar-refractivity contribution in [2.75, 3.05) is 12.3 Å². The molecule has 1 aromatic heterocycles. The van der Waals surface area contributed by atoms with Gasteiger partial charge in [0, 0.05) is 23.9 Å². The van der Waals surface area contributed by atoms with Crippen molar-refractivity contribution in [3.63, 3.8) is 0 Å². The molecule has 1 saturated heterocycles. The molecule has 1 N–H and O–H groups in total. The minimum atomic E-state index is 0.122. The molecule has 5 heteroatoms. The molecule has 0 spiro atoms. The van der Waals surface area contributed by atoms with E-state index >= 15 is 0 Å². The van der Waals surface area contributed by atoms with Crippen LogP contribution < -0.4 is 10.2 Å². The van der Waals surface area contributed by atoms with Crippen LogP contribution in [0.1, 0.15) is 5.50 Å². The van der Waals surface area contributed by atoms with Crippen LogP contribution in [0.25, 0.3) is 0 Å². The van der Waals surface area contributed by atoms with Crippen LogP contribution in [0.3, 0.4) is 0 Å². The zero-order valence-electron chi connectivity index (χ0n) is 5.82. The average molecular weight is 188 g/mol. The third kappa shape index (κ3) is 1.36. The Kier molecular flexibility index (Phi) is 2.02. The molecule has 1 unspecified atom stereocenters. The summed E-state index contributed by atoms with van der Waals surface area (Å²) in [5.41, 5.74) is 0.175. The molecule has 2 rings (SSSR count). The second-order valence-corrected chi connectivity index (χ2v) is 4.30. The first-order valence-electron chi connectivity index (χ1n) is 3.38. The number of hydrogen-bond acceptors (Lipinski definition) is 4. The minimum absolute atomic E-state index is 0.122. The molecule has 0 amide bonds. The predicted octanol–water partition coefficient (Wildman–Crippen LogP) is 0.702. The molecule has 1 aliphatic rings. The van der Waals surface area contributed by atoms with E-state index in [2.05, 4.69) is 5.32 Å². The number of rotatable bonds is 1. The predicted molar refractivity (Wildman–Crippen MR) is 48.1 cm³/mol. The Balaban J connectivity index is 2.28. The number of aromatic nitrogens is 1. The van der Waals surface area contributed by atoms with E-state index in [0.29, 0.717) is 0 Å². The van der Waals surface area contributed by atoms with E-state index in [0.717, 1.165) is 12.3 Å². The first-order chi connectivity index (χ1) is 5.38. The molecule has 0 saturated carbocycles. The van der Waals surface area contributed by atoms with E-state index in [9.17, 15) is 4.79 Å².